The Bertz CT molecular complexity index is 723. The number of aromatic nitrogens is 4. The third-order valence-corrected chi connectivity index (χ3v) is 5.79. The van der Waals surface area contributed by atoms with Crippen LogP contribution in [0.25, 0.3) is 11.4 Å². The van der Waals surface area contributed by atoms with E-state index in [9.17, 15) is 4.79 Å². The minimum atomic E-state index is 0.252. The van der Waals surface area contributed by atoms with Gasteiger partial charge in [-0.2, -0.15) is 5.10 Å². The summed E-state index contributed by atoms with van der Waals surface area (Å²) >= 11 is 0. The van der Waals surface area contributed by atoms with Crippen LogP contribution in [0.1, 0.15) is 63.1 Å². The smallest absolute Gasteiger partial charge is 0.222 e. The van der Waals surface area contributed by atoms with Crippen LogP contribution >= 0.6 is 0 Å². The van der Waals surface area contributed by atoms with Crippen molar-refractivity contribution >= 4 is 5.91 Å². The SMILES string of the molecule is O=C(CC1CCCCC1)N1CCC[C@H](c2nc(-c3ccncc3)n[nH]2)C1. The van der Waals surface area contributed by atoms with Gasteiger partial charge in [-0.25, -0.2) is 4.98 Å². The topological polar surface area (TPSA) is 74.8 Å². The highest BCUT2D eigenvalue weighted by Crippen LogP contribution is 2.30. The van der Waals surface area contributed by atoms with Gasteiger partial charge in [0.1, 0.15) is 5.82 Å². The lowest BCUT2D eigenvalue weighted by Gasteiger charge is -2.33. The van der Waals surface area contributed by atoms with Gasteiger partial charge in [-0.1, -0.05) is 19.3 Å². The zero-order valence-electron chi connectivity index (χ0n) is 15.2. The standard InChI is InChI=1S/C20H27N5O/c26-18(13-15-5-2-1-3-6-15)25-12-4-7-17(14-25)20-22-19(23-24-20)16-8-10-21-11-9-16/h8-11,15,17H,1-7,12-14H2,(H,22,23,24)/t17-/m0/s1. The summed E-state index contributed by atoms with van der Waals surface area (Å²) in [6, 6.07) is 3.82. The maximum Gasteiger partial charge on any atom is 0.222 e. The van der Waals surface area contributed by atoms with E-state index in [1.807, 2.05) is 12.1 Å². The molecule has 3 heterocycles. The van der Waals surface area contributed by atoms with Crippen LogP contribution in [-0.4, -0.2) is 44.1 Å². The van der Waals surface area contributed by atoms with Crippen molar-refractivity contribution < 1.29 is 4.79 Å². The van der Waals surface area contributed by atoms with Gasteiger partial charge in [-0.05, 0) is 43.7 Å². The van der Waals surface area contributed by atoms with E-state index >= 15 is 0 Å². The van der Waals surface area contributed by atoms with E-state index < -0.39 is 0 Å². The number of nitrogens with one attached hydrogen (secondary N) is 1. The van der Waals surface area contributed by atoms with Crippen molar-refractivity contribution in [3.05, 3.63) is 30.4 Å². The first-order chi connectivity index (χ1) is 12.8. The Balaban J connectivity index is 1.39. The van der Waals surface area contributed by atoms with Crippen LogP contribution < -0.4 is 0 Å². The average molecular weight is 353 g/mol. The number of hydrogen-bond donors (Lipinski definition) is 1. The van der Waals surface area contributed by atoms with Crippen molar-refractivity contribution in [1.29, 1.82) is 0 Å². The fraction of sp³-hybridized carbons (Fsp3) is 0.600. The van der Waals surface area contributed by atoms with Crippen LogP contribution in [0.4, 0.5) is 0 Å². The van der Waals surface area contributed by atoms with Gasteiger partial charge in [-0.15, -0.1) is 0 Å². The van der Waals surface area contributed by atoms with Crippen molar-refractivity contribution in [2.75, 3.05) is 13.1 Å². The number of carbonyl (C=O) groups excluding carboxylic acids is 1. The minimum Gasteiger partial charge on any atom is -0.342 e. The first-order valence-electron chi connectivity index (χ1n) is 9.90. The second-order valence-corrected chi connectivity index (χ2v) is 7.67. The van der Waals surface area contributed by atoms with Gasteiger partial charge in [0.25, 0.3) is 0 Å². The predicted octanol–water partition coefficient (Wildman–Crippen LogP) is 3.54. The lowest BCUT2D eigenvalue weighted by Crippen LogP contribution is -2.40. The molecule has 1 aliphatic heterocycles. The van der Waals surface area contributed by atoms with Gasteiger partial charge in [0.05, 0.1) is 0 Å². The van der Waals surface area contributed by atoms with Crippen LogP contribution in [0.5, 0.6) is 0 Å². The van der Waals surface area contributed by atoms with E-state index in [0.29, 0.717) is 17.6 Å². The number of amides is 1. The molecule has 2 aromatic heterocycles. The summed E-state index contributed by atoms with van der Waals surface area (Å²) in [4.78, 5) is 23.5. The number of hydrogen-bond acceptors (Lipinski definition) is 4. The molecule has 1 atom stereocenters. The second kappa shape index (κ2) is 7.98. The molecule has 138 valence electrons. The molecule has 0 spiro atoms. The Morgan fingerprint density at radius 1 is 1.12 bits per heavy atom. The Labute approximate surface area is 154 Å². The van der Waals surface area contributed by atoms with Crippen molar-refractivity contribution in [3.63, 3.8) is 0 Å². The van der Waals surface area contributed by atoms with Gasteiger partial charge < -0.3 is 4.90 Å². The third kappa shape index (κ3) is 3.94. The van der Waals surface area contributed by atoms with E-state index in [1.165, 1.54) is 32.1 Å². The number of H-pyrrole nitrogens is 1. The summed E-state index contributed by atoms with van der Waals surface area (Å²) in [6.45, 7) is 1.64. The summed E-state index contributed by atoms with van der Waals surface area (Å²) < 4.78 is 0. The fourth-order valence-corrected chi connectivity index (χ4v) is 4.28. The van der Waals surface area contributed by atoms with E-state index in [4.69, 9.17) is 0 Å². The second-order valence-electron chi connectivity index (χ2n) is 7.67. The van der Waals surface area contributed by atoms with Gasteiger partial charge in [0.15, 0.2) is 5.82 Å². The number of nitrogens with zero attached hydrogens (tertiary/aromatic N) is 4. The van der Waals surface area contributed by atoms with Crippen LogP contribution in [0.2, 0.25) is 0 Å². The molecule has 6 nitrogen and oxygen atoms in total. The normalized spacial score (nSPS) is 21.7. The lowest BCUT2D eigenvalue weighted by atomic mass is 9.86. The maximum absolute atomic E-state index is 12.7. The monoisotopic (exact) mass is 353 g/mol. The molecule has 6 heteroatoms. The highest BCUT2D eigenvalue weighted by Gasteiger charge is 2.28. The van der Waals surface area contributed by atoms with E-state index in [-0.39, 0.29) is 5.92 Å². The molecule has 2 aliphatic rings. The molecule has 0 radical (unpaired) electrons. The molecule has 2 fully saturated rings. The number of piperidine rings is 1. The van der Waals surface area contributed by atoms with Crippen LogP contribution in [-0.2, 0) is 4.79 Å². The molecular formula is C20H27N5O. The number of likely N-dealkylation sites (tertiary alicyclic amines) is 1. The molecular weight excluding hydrogens is 326 g/mol. The van der Waals surface area contributed by atoms with Gasteiger partial charge >= 0.3 is 0 Å². The van der Waals surface area contributed by atoms with Crippen LogP contribution in [0, 0.1) is 5.92 Å². The highest BCUT2D eigenvalue weighted by atomic mass is 16.2. The Hall–Kier alpha value is -2.24. The van der Waals surface area contributed by atoms with Crippen LogP contribution in [0.3, 0.4) is 0 Å². The largest absolute Gasteiger partial charge is 0.342 e. The molecule has 0 unspecified atom stereocenters. The van der Waals surface area contributed by atoms with Crippen molar-refractivity contribution in [1.82, 2.24) is 25.1 Å². The molecule has 2 aromatic rings. The number of aromatic amines is 1. The molecule has 0 aromatic carbocycles. The highest BCUT2D eigenvalue weighted by molar-refractivity contribution is 5.76. The molecule has 1 saturated heterocycles. The Kier molecular flexibility index (Phi) is 5.27. The summed E-state index contributed by atoms with van der Waals surface area (Å²) in [5.41, 5.74) is 0.962. The molecule has 1 saturated carbocycles. The summed E-state index contributed by atoms with van der Waals surface area (Å²) in [6.07, 6.45) is 12.7. The maximum atomic E-state index is 12.7. The van der Waals surface area contributed by atoms with Crippen molar-refractivity contribution in [2.24, 2.45) is 5.92 Å². The summed E-state index contributed by atoms with van der Waals surface area (Å²) in [5, 5.41) is 7.45. The number of carbonyl (C=O) groups is 1. The van der Waals surface area contributed by atoms with Gasteiger partial charge in [0.2, 0.25) is 5.91 Å². The Morgan fingerprint density at radius 2 is 1.92 bits per heavy atom. The fourth-order valence-electron chi connectivity index (χ4n) is 4.28. The van der Waals surface area contributed by atoms with Crippen molar-refractivity contribution in [3.8, 4) is 11.4 Å². The summed E-state index contributed by atoms with van der Waals surface area (Å²) in [5.74, 6) is 2.78. The zero-order valence-corrected chi connectivity index (χ0v) is 15.2. The van der Waals surface area contributed by atoms with E-state index in [1.54, 1.807) is 12.4 Å². The average Bonchev–Trinajstić information content (AvgIpc) is 3.20. The molecule has 1 N–H and O–H groups in total. The zero-order chi connectivity index (χ0) is 17.8. The Morgan fingerprint density at radius 3 is 2.73 bits per heavy atom. The lowest BCUT2D eigenvalue weighted by molar-refractivity contribution is -0.133. The molecule has 1 aliphatic carbocycles. The van der Waals surface area contributed by atoms with E-state index in [0.717, 1.165) is 43.7 Å². The molecule has 0 bridgehead atoms. The number of pyridine rings is 1. The third-order valence-electron chi connectivity index (χ3n) is 5.79. The van der Waals surface area contributed by atoms with E-state index in [2.05, 4.69) is 25.1 Å². The van der Waals surface area contributed by atoms with Gasteiger partial charge in [-0.3, -0.25) is 14.9 Å². The predicted molar refractivity (Wildman–Crippen MR) is 99.4 cm³/mol. The first-order valence-corrected chi connectivity index (χ1v) is 9.90. The summed E-state index contributed by atoms with van der Waals surface area (Å²) in [7, 11) is 0. The first kappa shape index (κ1) is 17.2. The number of rotatable bonds is 4. The molecule has 4 rings (SSSR count). The quantitative estimate of drug-likeness (QED) is 0.912. The van der Waals surface area contributed by atoms with Gasteiger partial charge in [0, 0.05) is 43.4 Å². The molecule has 26 heavy (non-hydrogen) atoms. The molecule has 1 amide bonds. The van der Waals surface area contributed by atoms with Crippen LogP contribution in [0.15, 0.2) is 24.5 Å². The minimum absolute atomic E-state index is 0.252. The van der Waals surface area contributed by atoms with Crippen molar-refractivity contribution in [2.45, 2.75) is 57.3 Å².